The van der Waals surface area contributed by atoms with E-state index in [1.807, 2.05) is 23.1 Å². The lowest BCUT2D eigenvalue weighted by Gasteiger charge is -2.36. The van der Waals surface area contributed by atoms with E-state index in [4.69, 9.17) is 10.5 Å². The molecule has 2 aromatic heterocycles. The molecule has 3 N–H and O–H groups in total. The summed E-state index contributed by atoms with van der Waals surface area (Å²) in [5.74, 6) is -0.0447. The van der Waals surface area contributed by atoms with Crippen LogP contribution in [-0.2, 0) is 17.8 Å². The first-order valence-corrected chi connectivity index (χ1v) is 12.7. The number of fused-ring (bicyclic) bond motifs is 1. The summed E-state index contributed by atoms with van der Waals surface area (Å²) in [4.78, 5) is 24.4. The van der Waals surface area contributed by atoms with Crippen LogP contribution in [0.2, 0.25) is 0 Å². The second-order valence-electron chi connectivity index (χ2n) is 8.93. The molecule has 1 saturated heterocycles. The van der Waals surface area contributed by atoms with Gasteiger partial charge in [-0.3, -0.25) is 9.69 Å². The molecule has 1 fully saturated rings. The quantitative estimate of drug-likeness (QED) is 0.354. The maximum absolute atomic E-state index is 14.9. The number of piperazine rings is 1. The normalized spacial score (nSPS) is 15.2. The fraction of sp³-hybridized carbons (Fsp3) is 0.259. The van der Waals surface area contributed by atoms with Gasteiger partial charge in [0.15, 0.2) is 11.6 Å². The summed E-state index contributed by atoms with van der Waals surface area (Å²) in [6.45, 7) is 3.74. The minimum atomic E-state index is -0.729. The van der Waals surface area contributed by atoms with Gasteiger partial charge < -0.3 is 20.4 Å². The van der Waals surface area contributed by atoms with Crippen LogP contribution in [-0.4, -0.2) is 57.9 Å². The first-order valence-electron chi connectivity index (χ1n) is 11.9. The van der Waals surface area contributed by atoms with Gasteiger partial charge in [-0.25, -0.2) is 9.37 Å². The predicted molar refractivity (Wildman–Crippen MR) is 140 cm³/mol. The average molecular weight is 552 g/mol. The second-order valence-corrected chi connectivity index (χ2v) is 9.79. The van der Waals surface area contributed by atoms with Crippen molar-refractivity contribution in [1.82, 2.24) is 19.8 Å². The highest BCUT2D eigenvalue weighted by atomic mass is 79.9. The van der Waals surface area contributed by atoms with Crippen LogP contribution in [0.4, 0.5) is 4.39 Å². The summed E-state index contributed by atoms with van der Waals surface area (Å²) >= 11 is 3.46. The van der Waals surface area contributed by atoms with E-state index in [-0.39, 0.29) is 18.1 Å². The topological polar surface area (TPSA) is 87.5 Å². The molecule has 0 unspecified atom stereocenters. The number of aromatic amines is 1. The van der Waals surface area contributed by atoms with Crippen LogP contribution in [0.25, 0.3) is 11.0 Å². The molecule has 5 rings (SSSR count). The van der Waals surface area contributed by atoms with Gasteiger partial charge in [-0.2, -0.15) is 0 Å². The van der Waals surface area contributed by atoms with Gasteiger partial charge in [0.2, 0.25) is 5.91 Å². The van der Waals surface area contributed by atoms with Crippen molar-refractivity contribution in [3.05, 3.63) is 88.4 Å². The van der Waals surface area contributed by atoms with Gasteiger partial charge in [0.25, 0.3) is 0 Å². The third-order valence-corrected chi connectivity index (χ3v) is 7.03. The third-order valence-electron chi connectivity index (χ3n) is 6.41. The van der Waals surface area contributed by atoms with E-state index in [0.717, 1.165) is 29.5 Å². The number of H-pyrrole nitrogens is 1. The number of amides is 1. The number of nitrogens with two attached hydrogens (primary N) is 1. The molecule has 7 nitrogen and oxygen atoms in total. The maximum Gasteiger partial charge on any atom is 0.239 e. The molecule has 0 aliphatic carbocycles. The van der Waals surface area contributed by atoms with Crippen molar-refractivity contribution >= 4 is 32.9 Å². The van der Waals surface area contributed by atoms with Gasteiger partial charge in [-0.15, -0.1) is 0 Å². The summed E-state index contributed by atoms with van der Waals surface area (Å²) in [6, 6.07) is 15.9. The van der Waals surface area contributed by atoms with Crippen molar-refractivity contribution in [2.24, 2.45) is 5.73 Å². The fourth-order valence-corrected chi connectivity index (χ4v) is 4.99. The Labute approximate surface area is 217 Å². The number of halogens is 2. The molecular weight excluding hydrogens is 525 g/mol. The van der Waals surface area contributed by atoms with Crippen LogP contribution < -0.4 is 10.5 Å². The molecule has 0 saturated carbocycles. The van der Waals surface area contributed by atoms with Gasteiger partial charge >= 0.3 is 0 Å². The largest absolute Gasteiger partial charge is 0.453 e. The van der Waals surface area contributed by atoms with Crippen molar-refractivity contribution in [3.8, 4) is 11.5 Å². The molecule has 1 aliphatic heterocycles. The summed E-state index contributed by atoms with van der Waals surface area (Å²) in [6.07, 6.45) is 3.60. The van der Waals surface area contributed by atoms with Crippen molar-refractivity contribution in [2.45, 2.75) is 19.0 Å². The average Bonchev–Trinajstić information content (AvgIpc) is 3.28. The first-order chi connectivity index (χ1) is 17.5. The van der Waals surface area contributed by atoms with Gasteiger partial charge in [-0.1, -0.05) is 36.4 Å². The van der Waals surface area contributed by atoms with E-state index >= 15 is 0 Å². The highest BCUT2D eigenvalue weighted by Crippen LogP contribution is 2.35. The predicted octanol–water partition coefficient (Wildman–Crippen LogP) is 4.47. The van der Waals surface area contributed by atoms with E-state index in [2.05, 4.69) is 42.9 Å². The molecule has 186 valence electrons. The van der Waals surface area contributed by atoms with Crippen molar-refractivity contribution < 1.29 is 13.9 Å². The fourth-order valence-electron chi connectivity index (χ4n) is 4.49. The van der Waals surface area contributed by atoms with Crippen LogP contribution in [0.5, 0.6) is 11.5 Å². The third kappa shape index (κ3) is 5.43. The van der Waals surface area contributed by atoms with Crippen molar-refractivity contribution in [1.29, 1.82) is 0 Å². The number of benzene rings is 2. The van der Waals surface area contributed by atoms with E-state index in [0.29, 0.717) is 30.0 Å². The zero-order valence-corrected chi connectivity index (χ0v) is 21.2. The lowest BCUT2D eigenvalue weighted by molar-refractivity contribution is -0.134. The lowest BCUT2D eigenvalue weighted by atomic mass is 10.0. The van der Waals surface area contributed by atoms with E-state index in [1.54, 1.807) is 30.6 Å². The molecule has 0 radical (unpaired) electrons. The summed E-state index contributed by atoms with van der Waals surface area (Å²) in [7, 11) is 0. The number of hydrogen-bond acceptors (Lipinski definition) is 5. The monoisotopic (exact) mass is 551 g/mol. The van der Waals surface area contributed by atoms with Crippen LogP contribution in [0.1, 0.15) is 11.1 Å². The molecule has 1 amide bonds. The Morgan fingerprint density at radius 2 is 1.86 bits per heavy atom. The minimum absolute atomic E-state index is 0.0915. The zero-order chi connectivity index (χ0) is 25.1. The van der Waals surface area contributed by atoms with Gasteiger partial charge in [0, 0.05) is 49.6 Å². The molecule has 9 heteroatoms. The van der Waals surface area contributed by atoms with Crippen LogP contribution >= 0.6 is 15.9 Å². The summed E-state index contributed by atoms with van der Waals surface area (Å²) in [5, 5.41) is 0.734. The molecule has 36 heavy (non-hydrogen) atoms. The van der Waals surface area contributed by atoms with Gasteiger partial charge in [0.05, 0.1) is 11.4 Å². The lowest BCUT2D eigenvalue weighted by Crippen LogP contribution is -2.53. The highest BCUT2D eigenvalue weighted by Gasteiger charge is 2.26. The van der Waals surface area contributed by atoms with Crippen molar-refractivity contribution in [2.75, 3.05) is 26.2 Å². The molecule has 0 bridgehead atoms. The molecular formula is C27H27BrFN5O2. The van der Waals surface area contributed by atoms with E-state index in [9.17, 15) is 9.18 Å². The number of ether oxygens (including phenoxy) is 1. The molecule has 0 spiro atoms. The van der Waals surface area contributed by atoms with Crippen LogP contribution in [0.15, 0.2) is 71.5 Å². The number of carbonyl (C=O) groups is 1. The van der Waals surface area contributed by atoms with Crippen LogP contribution in [0.3, 0.4) is 0 Å². The molecule has 2 aromatic carbocycles. The van der Waals surface area contributed by atoms with E-state index in [1.165, 1.54) is 11.6 Å². The standard InChI is InChI=1S/C27H27BrFN5O2/c28-20-16-32-26-25(20)24(8-9-31-26)36-23-7-6-19(14-21(23)29)15-22(30)27(35)34-12-10-33(11-13-34)17-18-4-2-1-3-5-18/h1-9,14,16,22H,10-13,15,17,30H2,(H,31,32)/t22-/m0/s1. The Kier molecular flexibility index (Phi) is 7.31. The minimum Gasteiger partial charge on any atom is -0.453 e. The number of aromatic nitrogens is 2. The maximum atomic E-state index is 14.9. The number of carbonyl (C=O) groups excluding carboxylic acids is 1. The number of nitrogens with zero attached hydrogens (tertiary/aromatic N) is 3. The Bertz CT molecular complexity index is 1360. The number of hydrogen-bond donors (Lipinski definition) is 2. The second kappa shape index (κ2) is 10.8. The van der Waals surface area contributed by atoms with Gasteiger partial charge in [0.1, 0.15) is 11.4 Å². The molecule has 1 aliphatic rings. The summed E-state index contributed by atoms with van der Waals surface area (Å²) < 4.78 is 21.5. The van der Waals surface area contributed by atoms with Crippen molar-refractivity contribution in [3.63, 3.8) is 0 Å². The number of nitrogens with one attached hydrogen (secondary N) is 1. The number of rotatable bonds is 7. The molecule has 4 aromatic rings. The van der Waals surface area contributed by atoms with E-state index < -0.39 is 11.9 Å². The molecule has 3 heterocycles. The Balaban J connectivity index is 1.17. The zero-order valence-electron chi connectivity index (χ0n) is 19.7. The number of pyridine rings is 1. The summed E-state index contributed by atoms with van der Waals surface area (Å²) in [5.41, 5.74) is 8.79. The first kappa shape index (κ1) is 24.4. The van der Waals surface area contributed by atoms with Gasteiger partial charge in [-0.05, 0) is 51.7 Å². The Morgan fingerprint density at radius 3 is 2.61 bits per heavy atom. The molecule has 1 atom stereocenters. The SMILES string of the molecule is N[C@@H](Cc1ccc(Oc2ccnc3[nH]cc(Br)c23)c(F)c1)C(=O)N1CCN(Cc2ccccc2)CC1. The Morgan fingerprint density at radius 1 is 1.08 bits per heavy atom. The smallest absolute Gasteiger partial charge is 0.239 e. The Hall–Kier alpha value is -3.27. The highest BCUT2D eigenvalue weighted by molar-refractivity contribution is 9.10. The van der Waals surface area contributed by atoms with Crippen LogP contribution in [0, 0.1) is 5.82 Å².